The van der Waals surface area contributed by atoms with Gasteiger partial charge in [-0.3, -0.25) is 29.2 Å². The Morgan fingerprint density at radius 2 is 1.63 bits per heavy atom. The first-order valence-corrected chi connectivity index (χ1v) is 14.9. The van der Waals surface area contributed by atoms with Crippen molar-refractivity contribution in [3.8, 4) is 0 Å². The average Bonchev–Trinajstić information content (AvgIpc) is 2.98. The fourth-order valence-electron chi connectivity index (χ4n) is 6.78. The predicted molar refractivity (Wildman–Crippen MR) is 157 cm³/mol. The molecule has 9 nitrogen and oxygen atoms in total. The Morgan fingerprint density at radius 3 is 2.37 bits per heavy atom. The highest BCUT2D eigenvalue weighted by atomic mass is 16.5. The number of aryl methyl sites for hydroxylation is 1. The topological polar surface area (TPSA) is 106 Å². The fourth-order valence-corrected chi connectivity index (χ4v) is 6.78. The molecule has 2 N–H and O–H groups in total. The molecule has 1 aromatic heterocycles. The summed E-state index contributed by atoms with van der Waals surface area (Å²) in [5, 5.41) is 6.22. The quantitative estimate of drug-likeness (QED) is 0.424. The van der Waals surface area contributed by atoms with Crippen LogP contribution in [0.25, 0.3) is 10.9 Å². The highest BCUT2D eigenvalue weighted by Gasteiger charge is 2.31. The average molecular weight is 558 g/mol. The van der Waals surface area contributed by atoms with E-state index in [0.29, 0.717) is 29.0 Å². The first-order valence-electron chi connectivity index (χ1n) is 14.9. The number of imide groups is 1. The van der Waals surface area contributed by atoms with Crippen molar-refractivity contribution in [2.45, 2.75) is 64.6 Å². The van der Waals surface area contributed by atoms with E-state index >= 15 is 0 Å². The van der Waals surface area contributed by atoms with Crippen molar-refractivity contribution in [3.63, 3.8) is 0 Å². The SMILES string of the molecule is Cc1nc2cccc(NCc3ccc(CN4CCC(C5CCOCC5)CC4)cc3)c2c(=O)n1C1CCC(=O)NC1=O. The minimum atomic E-state index is -0.745. The van der Waals surface area contributed by atoms with Gasteiger partial charge in [-0.1, -0.05) is 30.3 Å². The standard InChI is InChI=1S/C32H39N5O4/c1-21-34-27-4-2-3-26(30(27)32(40)37(21)28-9-10-29(38)35-31(28)39)33-19-22-5-7-23(8-6-22)20-36-15-11-24(12-16-36)25-13-17-41-18-14-25/h2-8,24-25,28,33H,9-20H2,1H3,(H,35,38,39). The van der Waals surface area contributed by atoms with Crippen molar-refractivity contribution >= 4 is 28.4 Å². The lowest BCUT2D eigenvalue weighted by molar-refractivity contribution is -0.135. The van der Waals surface area contributed by atoms with Crippen LogP contribution < -0.4 is 16.2 Å². The van der Waals surface area contributed by atoms with E-state index in [-0.39, 0.29) is 24.3 Å². The van der Waals surface area contributed by atoms with Crippen LogP contribution in [0.2, 0.25) is 0 Å². The van der Waals surface area contributed by atoms with Crippen LogP contribution in [0.3, 0.4) is 0 Å². The number of hydrogen-bond acceptors (Lipinski definition) is 7. The van der Waals surface area contributed by atoms with Crippen LogP contribution in [-0.2, 0) is 27.4 Å². The molecule has 41 heavy (non-hydrogen) atoms. The smallest absolute Gasteiger partial charge is 0.264 e. The van der Waals surface area contributed by atoms with E-state index in [4.69, 9.17) is 4.74 Å². The van der Waals surface area contributed by atoms with Gasteiger partial charge in [-0.25, -0.2) is 4.98 Å². The molecule has 6 rings (SSSR count). The third kappa shape index (κ3) is 6.06. The largest absolute Gasteiger partial charge is 0.381 e. The van der Waals surface area contributed by atoms with E-state index in [1.165, 1.54) is 35.8 Å². The maximum absolute atomic E-state index is 13.7. The van der Waals surface area contributed by atoms with E-state index in [1.54, 1.807) is 6.92 Å². The van der Waals surface area contributed by atoms with Crippen molar-refractivity contribution < 1.29 is 14.3 Å². The molecule has 3 aromatic rings. The number of rotatable bonds is 7. The molecule has 2 amide bonds. The van der Waals surface area contributed by atoms with Crippen molar-refractivity contribution in [3.05, 3.63) is 69.8 Å². The van der Waals surface area contributed by atoms with Crippen LogP contribution in [0.4, 0.5) is 5.69 Å². The van der Waals surface area contributed by atoms with Gasteiger partial charge in [-0.15, -0.1) is 0 Å². The van der Waals surface area contributed by atoms with Gasteiger partial charge >= 0.3 is 0 Å². The number of fused-ring (bicyclic) bond motifs is 1. The van der Waals surface area contributed by atoms with Crippen LogP contribution in [0.5, 0.6) is 0 Å². The van der Waals surface area contributed by atoms with Gasteiger partial charge in [-0.2, -0.15) is 0 Å². The van der Waals surface area contributed by atoms with Crippen molar-refractivity contribution in [1.82, 2.24) is 19.8 Å². The Hall–Kier alpha value is -3.56. The van der Waals surface area contributed by atoms with Crippen LogP contribution in [-0.4, -0.2) is 52.6 Å². The Kier molecular flexibility index (Phi) is 8.16. The van der Waals surface area contributed by atoms with Gasteiger partial charge in [0, 0.05) is 38.4 Å². The normalized spacial score (nSPS) is 21.2. The molecule has 4 heterocycles. The van der Waals surface area contributed by atoms with Gasteiger partial charge in [-0.05, 0) is 87.2 Å². The number of nitrogens with one attached hydrogen (secondary N) is 2. The summed E-state index contributed by atoms with van der Waals surface area (Å²) in [6.07, 6.45) is 5.52. The van der Waals surface area contributed by atoms with Gasteiger partial charge in [0.15, 0.2) is 0 Å². The lowest BCUT2D eigenvalue weighted by atomic mass is 9.80. The molecule has 3 fully saturated rings. The second kappa shape index (κ2) is 12.1. The summed E-state index contributed by atoms with van der Waals surface area (Å²) in [4.78, 5) is 45.0. The van der Waals surface area contributed by atoms with E-state index in [9.17, 15) is 14.4 Å². The first kappa shape index (κ1) is 27.6. The number of anilines is 1. The Labute approximate surface area is 240 Å². The number of likely N-dealkylation sites (tertiary alicyclic amines) is 1. The second-order valence-corrected chi connectivity index (χ2v) is 11.7. The summed E-state index contributed by atoms with van der Waals surface area (Å²) < 4.78 is 6.98. The van der Waals surface area contributed by atoms with Crippen LogP contribution in [0.15, 0.2) is 47.3 Å². The lowest BCUT2D eigenvalue weighted by Gasteiger charge is -2.37. The van der Waals surface area contributed by atoms with Gasteiger partial charge in [0.05, 0.1) is 10.9 Å². The van der Waals surface area contributed by atoms with Gasteiger partial charge in [0.25, 0.3) is 5.56 Å². The molecular weight excluding hydrogens is 518 g/mol. The zero-order valence-corrected chi connectivity index (χ0v) is 23.7. The molecule has 0 spiro atoms. The summed E-state index contributed by atoms with van der Waals surface area (Å²) >= 11 is 0. The number of piperidine rings is 2. The number of ether oxygens (including phenoxy) is 1. The minimum absolute atomic E-state index is 0.199. The van der Waals surface area contributed by atoms with E-state index in [0.717, 1.165) is 50.2 Å². The van der Waals surface area contributed by atoms with Gasteiger partial charge < -0.3 is 10.1 Å². The molecule has 0 bridgehead atoms. The molecule has 3 saturated heterocycles. The molecule has 1 unspecified atom stereocenters. The molecule has 0 saturated carbocycles. The molecular formula is C32H39N5O4. The number of benzene rings is 2. The highest BCUT2D eigenvalue weighted by Crippen LogP contribution is 2.32. The first-order chi connectivity index (χ1) is 20.0. The van der Waals surface area contributed by atoms with Gasteiger partial charge in [0.1, 0.15) is 11.9 Å². The maximum Gasteiger partial charge on any atom is 0.264 e. The third-order valence-electron chi connectivity index (χ3n) is 9.10. The number of hydrogen-bond donors (Lipinski definition) is 2. The molecule has 216 valence electrons. The summed E-state index contributed by atoms with van der Waals surface area (Å²) in [6.45, 7) is 7.45. The number of nitrogens with zero attached hydrogens (tertiary/aromatic N) is 3. The zero-order valence-electron chi connectivity index (χ0n) is 23.7. The molecule has 0 radical (unpaired) electrons. The molecule has 1 atom stereocenters. The number of amides is 2. The lowest BCUT2D eigenvalue weighted by Crippen LogP contribution is -2.45. The Bertz CT molecular complexity index is 1470. The number of carbonyl (C=O) groups is 2. The fraction of sp³-hybridized carbons (Fsp3) is 0.500. The predicted octanol–water partition coefficient (Wildman–Crippen LogP) is 3.93. The number of carbonyl (C=O) groups excluding carboxylic acids is 2. The van der Waals surface area contributed by atoms with E-state index < -0.39 is 11.9 Å². The second-order valence-electron chi connectivity index (χ2n) is 11.7. The summed E-state index contributed by atoms with van der Waals surface area (Å²) in [5.74, 6) is 1.39. The Morgan fingerprint density at radius 1 is 0.927 bits per heavy atom. The van der Waals surface area contributed by atoms with Crippen molar-refractivity contribution in [2.75, 3.05) is 31.6 Å². The molecule has 9 heteroatoms. The van der Waals surface area contributed by atoms with Crippen LogP contribution in [0.1, 0.15) is 61.5 Å². The summed E-state index contributed by atoms with van der Waals surface area (Å²) in [7, 11) is 0. The van der Waals surface area contributed by atoms with E-state index in [1.807, 2.05) is 18.2 Å². The van der Waals surface area contributed by atoms with Crippen LogP contribution in [0, 0.1) is 18.8 Å². The molecule has 0 aliphatic carbocycles. The molecule has 3 aliphatic heterocycles. The zero-order chi connectivity index (χ0) is 28.3. The van der Waals surface area contributed by atoms with Crippen molar-refractivity contribution in [2.24, 2.45) is 11.8 Å². The monoisotopic (exact) mass is 557 g/mol. The number of aromatic nitrogens is 2. The maximum atomic E-state index is 13.7. The highest BCUT2D eigenvalue weighted by molar-refractivity contribution is 5.99. The molecule has 2 aromatic carbocycles. The minimum Gasteiger partial charge on any atom is -0.381 e. The van der Waals surface area contributed by atoms with Gasteiger partial charge in [0.2, 0.25) is 11.8 Å². The summed E-state index contributed by atoms with van der Waals surface area (Å²) in [5.41, 5.74) is 3.42. The Balaban J connectivity index is 1.10. The third-order valence-corrected chi connectivity index (χ3v) is 9.10. The summed E-state index contributed by atoms with van der Waals surface area (Å²) in [6, 6.07) is 13.5. The van der Waals surface area contributed by atoms with Crippen LogP contribution >= 0.6 is 0 Å². The van der Waals surface area contributed by atoms with Crippen molar-refractivity contribution in [1.29, 1.82) is 0 Å². The molecule has 3 aliphatic rings. The van der Waals surface area contributed by atoms with E-state index in [2.05, 4.69) is 44.8 Å².